The zero-order valence-electron chi connectivity index (χ0n) is 12.3. The van der Waals surface area contributed by atoms with E-state index in [0.717, 1.165) is 38.2 Å². The fourth-order valence-corrected chi connectivity index (χ4v) is 2.86. The molecule has 1 aromatic carbocycles. The molecule has 0 aromatic heterocycles. The fraction of sp³-hybridized carbons (Fsp3) is 0.600. The molecule has 6 heteroatoms. The number of nitrogens with one attached hydrogen (secondary N) is 1. The van der Waals surface area contributed by atoms with E-state index in [0.29, 0.717) is 6.07 Å². The lowest BCUT2D eigenvalue weighted by Crippen LogP contribution is -2.21. The molecule has 1 N–H and O–H groups in total. The number of nitro benzene ring substituents is 1. The van der Waals surface area contributed by atoms with Crippen LogP contribution in [0.15, 0.2) is 12.1 Å². The summed E-state index contributed by atoms with van der Waals surface area (Å²) in [5.41, 5.74) is -0.508. The molecule has 1 aromatic rings. The minimum Gasteiger partial charge on any atom is -0.374 e. The van der Waals surface area contributed by atoms with E-state index in [9.17, 15) is 18.9 Å². The average molecular weight is 298 g/mol. The molecule has 4 nitrogen and oxygen atoms in total. The smallest absolute Gasteiger partial charge is 0.298 e. The predicted molar refractivity (Wildman–Crippen MR) is 77.3 cm³/mol. The Morgan fingerprint density at radius 3 is 2.67 bits per heavy atom. The summed E-state index contributed by atoms with van der Waals surface area (Å²) < 4.78 is 27.0. The molecule has 21 heavy (non-hydrogen) atoms. The molecule has 0 radical (unpaired) electrons. The highest BCUT2D eigenvalue weighted by atomic mass is 19.1. The van der Waals surface area contributed by atoms with Gasteiger partial charge in [0.2, 0.25) is 0 Å². The first-order chi connectivity index (χ1) is 9.78. The molecular weight excluding hydrogens is 278 g/mol. The van der Waals surface area contributed by atoms with Gasteiger partial charge in [-0.3, -0.25) is 10.1 Å². The first-order valence-electron chi connectivity index (χ1n) is 7.18. The van der Waals surface area contributed by atoms with Gasteiger partial charge >= 0.3 is 0 Å². The minimum absolute atomic E-state index is 0.0227. The van der Waals surface area contributed by atoms with Crippen LogP contribution in [0.25, 0.3) is 0 Å². The first-order valence-corrected chi connectivity index (χ1v) is 7.18. The Kier molecular flexibility index (Phi) is 4.44. The molecule has 1 fully saturated rings. The van der Waals surface area contributed by atoms with Crippen molar-refractivity contribution in [2.24, 2.45) is 5.41 Å². The summed E-state index contributed by atoms with van der Waals surface area (Å²) in [7, 11) is 0. The maximum Gasteiger partial charge on any atom is 0.298 e. The van der Waals surface area contributed by atoms with Crippen molar-refractivity contribution >= 4 is 11.4 Å². The summed E-state index contributed by atoms with van der Waals surface area (Å²) in [4.78, 5) is 10.2. The van der Waals surface area contributed by atoms with Gasteiger partial charge in [-0.05, 0) is 31.1 Å². The van der Waals surface area contributed by atoms with Crippen LogP contribution in [0.1, 0.15) is 46.0 Å². The van der Waals surface area contributed by atoms with Crippen LogP contribution in [-0.4, -0.2) is 11.0 Å². The lowest BCUT2D eigenvalue weighted by molar-refractivity contribution is -0.384. The molecule has 1 saturated carbocycles. The van der Waals surface area contributed by atoms with Crippen LogP contribution in [0.3, 0.4) is 0 Å². The largest absolute Gasteiger partial charge is 0.374 e. The van der Waals surface area contributed by atoms with Crippen LogP contribution in [0, 0.1) is 27.2 Å². The molecule has 1 unspecified atom stereocenters. The Bertz CT molecular complexity index is 547. The van der Waals surface area contributed by atoms with Crippen molar-refractivity contribution in [3.05, 3.63) is 33.9 Å². The maximum atomic E-state index is 13.9. The van der Waals surface area contributed by atoms with Crippen molar-refractivity contribution in [2.75, 3.05) is 5.32 Å². The van der Waals surface area contributed by atoms with E-state index in [1.807, 2.05) is 0 Å². The molecule has 1 aliphatic rings. The van der Waals surface area contributed by atoms with Gasteiger partial charge in [0.1, 0.15) is 11.5 Å². The number of hydrogen-bond donors (Lipinski definition) is 1. The average Bonchev–Trinajstić information content (AvgIpc) is 2.53. The van der Waals surface area contributed by atoms with E-state index >= 15 is 0 Å². The lowest BCUT2D eigenvalue weighted by Gasteiger charge is -2.22. The van der Waals surface area contributed by atoms with Gasteiger partial charge in [-0.15, -0.1) is 0 Å². The van der Waals surface area contributed by atoms with Gasteiger partial charge in [0.05, 0.1) is 11.0 Å². The number of nitrogens with zero attached hydrogens (tertiary/aromatic N) is 1. The Morgan fingerprint density at radius 2 is 2.00 bits per heavy atom. The third-order valence-electron chi connectivity index (χ3n) is 4.16. The topological polar surface area (TPSA) is 55.2 Å². The Balaban J connectivity index is 2.21. The van der Waals surface area contributed by atoms with Gasteiger partial charge in [0, 0.05) is 12.1 Å². The molecule has 0 saturated heterocycles. The molecule has 116 valence electrons. The van der Waals surface area contributed by atoms with E-state index in [1.165, 1.54) is 0 Å². The van der Waals surface area contributed by atoms with Crippen LogP contribution in [-0.2, 0) is 0 Å². The van der Waals surface area contributed by atoms with Crippen LogP contribution < -0.4 is 5.32 Å². The molecule has 2 rings (SSSR count). The summed E-state index contributed by atoms with van der Waals surface area (Å²) in [6, 6.07) is 1.41. The number of anilines is 1. The molecule has 0 aliphatic heterocycles. The second-order valence-electron chi connectivity index (χ2n) is 6.48. The second-order valence-corrected chi connectivity index (χ2v) is 6.48. The summed E-state index contributed by atoms with van der Waals surface area (Å²) in [6.07, 6.45) is 4.69. The molecule has 0 heterocycles. The highest BCUT2D eigenvalue weighted by Crippen LogP contribution is 2.36. The Hall–Kier alpha value is -1.72. The van der Waals surface area contributed by atoms with Crippen molar-refractivity contribution in [1.82, 2.24) is 0 Å². The number of benzene rings is 1. The third kappa shape index (κ3) is 3.89. The standard InChI is InChI=1S/C15H20F2N2O2/c1-15(2)6-3-4-11(5-7-15)18-14-12(17)8-10(16)9-13(14)19(20)21/h8-9,11,18H,3-7H2,1-2H3. The molecule has 0 spiro atoms. The highest BCUT2D eigenvalue weighted by molar-refractivity contribution is 5.63. The van der Waals surface area contributed by atoms with Gasteiger partial charge in [0.25, 0.3) is 5.69 Å². The molecule has 1 aliphatic carbocycles. The molecule has 0 amide bonds. The quantitative estimate of drug-likeness (QED) is 0.502. The summed E-state index contributed by atoms with van der Waals surface area (Å²) in [6.45, 7) is 4.38. The Labute approximate surface area is 122 Å². The zero-order chi connectivity index (χ0) is 15.6. The Morgan fingerprint density at radius 1 is 1.29 bits per heavy atom. The normalized spacial score (nSPS) is 21.6. The van der Waals surface area contributed by atoms with Crippen LogP contribution >= 0.6 is 0 Å². The molecule has 0 bridgehead atoms. The second kappa shape index (κ2) is 5.95. The van der Waals surface area contributed by atoms with Crippen molar-refractivity contribution in [3.8, 4) is 0 Å². The fourth-order valence-electron chi connectivity index (χ4n) is 2.86. The summed E-state index contributed by atoms with van der Waals surface area (Å²) >= 11 is 0. The van der Waals surface area contributed by atoms with E-state index in [4.69, 9.17) is 0 Å². The van der Waals surface area contributed by atoms with Gasteiger partial charge in [-0.2, -0.15) is 0 Å². The maximum absolute atomic E-state index is 13.9. The zero-order valence-corrected chi connectivity index (χ0v) is 12.3. The number of halogens is 2. The van der Waals surface area contributed by atoms with Crippen molar-refractivity contribution in [1.29, 1.82) is 0 Å². The van der Waals surface area contributed by atoms with Gasteiger partial charge in [-0.25, -0.2) is 8.78 Å². The van der Waals surface area contributed by atoms with Crippen molar-refractivity contribution in [2.45, 2.75) is 52.0 Å². The number of rotatable bonds is 3. The number of hydrogen-bond acceptors (Lipinski definition) is 3. The molecular formula is C15H20F2N2O2. The monoisotopic (exact) mass is 298 g/mol. The van der Waals surface area contributed by atoms with Gasteiger partial charge < -0.3 is 5.32 Å². The summed E-state index contributed by atoms with van der Waals surface area (Å²) in [5, 5.41) is 13.9. The van der Waals surface area contributed by atoms with Gasteiger partial charge in [-0.1, -0.05) is 20.3 Å². The third-order valence-corrected chi connectivity index (χ3v) is 4.16. The molecule has 1 atom stereocenters. The van der Waals surface area contributed by atoms with E-state index in [2.05, 4.69) is 19.2 Å². The SMILES string of the molecule is CC1(C)CCCC(Nc2c(F)cc(F)cc2[N+](=O)[O-])CC1. The van der Waals surface area contributed by atoms with Crippen molar-refractivity contribution in [3.63, 3.8) is 0 Å². The van der Waals surface area contributed by atoms with Crippen LogP contribution in [0.5, 0.6) is 0 Å². The highest BCUT2D eigenvalue weighted by Gasteiger charge is 2.27. The van der Waals surface area contributed by atoms with E-state index < -0.39 is 22.2 Å². The summed E-state index contributed by atoms with van der Waals surface area (Å²) in [5.74, 6) is -1.85. The van der Waals surface area contributed by atoms with E-state index in [1.54, 1.807) is 0 Å². The minimum atomic E-state index is -0.938. The van der Waals surface area contributed by atoms with Crippen LogP contribution in [0.2, 0.25) is 0 Å². The van der Waals surface area contributed by atoms with E-state index in [-0.39, 0.29) is 17.1 Å². The van der Waals surface area contributed by atoms with Crippen LogP contribution in [0.4, 0.5) is 20.2 Å². The predicted octanol–water partition coefficient (Wildman–Crippen LogP) is 4.64. The first kappa shape index (κ1) is 15.7. The number of nitro groups is 1. The van der Waals surface area contributed by atoms with Crippen molar-refractivity contribution < 1.29 is 13.7 Å². The lowest BCUT2D eigenvalue weighted by atomic mass is 9.85. The van der Waals surface area contributed by atoms with Gasteiger partial charge in [0.15, 0.2) is 5.82 Å².